The van der Waals surface area contributed by atoms with Gasteiger partial charge in [0.25, 0.3) is 0 Å². The van der Waals surface area contributed by atoms with Gasteiger partial charge in [-0.3, -0.25) is 4.79 Å². The summed E-state index contributed by atoms with van der Waals surface area (Å²) in [6.07, 6.45) is 5.68. The van der Waals surface area contributed by atoms with Gasteiger partial charge in [0, 0.05) is 13.0 Å². The second-order valence-corrected chi connectivity index (χ2v) is 3.97. The Labute approximate surface area is 112 Å². The van der Waals surface area contributed by atoms with Crippen molar-refractivity contribution in [3.63, 3.8) is 0 Å². The molecule has 1 atom stereocenters. The standard InChI is InChI=1S/C12H19N3O4/c1-3-7-15(8-4-2)12(19)14-9(11(17)18)5-6-10(13)16/h1,9H,4-8H2,2H3,(H2,13,16)(H,14,19)(H,17,18). The number of carbonyl (C=O) groups excluding carboxylic acids is 2. The summed E-state index contributed by atoms with van der Waals surface area (Å²) in [6, 6.07) is -1.71. The van der Waals surface area contributed by atoms with Crippen LogP contribution in [0.15, 0.2) is 0 Å². The van der Waals surface area contributed by atoms with E-state index >= 15 is 0 Å². The van der Waals surface area contributed by atoms with Crippen LogP contribution >= 0.6 is 0 Å². The second-order valence-electron chi connectivity index (χ2n) is 3.97. The number of carbonyl (C=O) groups is 3. The van der Waals surface area contributed by atoms with Gasteiger partial charge >= 0.3 is 12.0 Å². The minimum Gasteiger partial charge on any atom is -0.480 e. The van der Waals surface area contributed by atoms with E-state index in [0.717, 1.165) is 0 Å². The Balaban J connectivity index is 4.55. The highest BCUT2D eigenvalue weighted by Gasteiger charge is 2.22. The van der Waals surface area contributed by atoms with Gasteiger partial charge in [0.15, 0.2) is 0 Å². The molecule has 0 saturated carbocycles. The molecule has 0 spiro atoms. The van der Waals surface area contributed by atoms with Crippen molar-refractivity contribution in [2.24, 2.45) is 5.73 Å². The molecule has 7 nitrogen and oxygen atoms in total. The number of hydrogen-bond acceptors (Lipinski definition) is 3. The van der Waals surface area contributed by atoms with Gasteiger partial charge in [0.05, 0.1) is 6.54 Å². The summed E-state index contributed by atoms with van der Waals surface area (Å²) < 4.78 is 0. The Morgan fingerprint density at radius 3 is 2.53 bits per heavy atom. The molecule has 0 bridgehead atoms. The Morgan fingerprint density at radius 1 is 1.47 bits per heavy atom. The summed E-state index contributed by atoms with van der Waals surface area (Å²) in [6.45, 7) is 2.40. The molecule has 4 N–H and O–H groups in total. The third-order valence-corrected chi connectivity index (χ3v) is 2.34. The van der Waals surface area contributed by atoms with Gasteiger partial charge in [0.1, 0.15) is 6.04 Å². The largest absolute Gasteiger partial charge is 0.480 e. The smallest absolute Gasteiger partial charge is 0.326 e. The fourth-order valence-electron chi connectivity index (χ4n) is 1.42. The molecule has 0 aliphatic heterocycles. The summed E-state index contributed by atoms with van der Waals surface area (Å²) >= 11 is 0. The molecule has 0 fully saturated rings. The quantitative estimate of drug-likeness (QED) is 0.528. The summed E-state index contributed by atoms with van der Waals surface area (Å²) in [5, 5.41) is 11.3. The van der Waals surface area contributed by atoms with Crippen LogP contribution in [-0.2, 0) is 9.59 Å². The molecular weight excluding hydrogens is 250 g/mol. The van der Waals surface area contributed by atoms with E-state index in [1.54, 1.807) is 0 Å². The molecule has 19 heavy (non-hydrogen) atoms. The molecular formula is C12H19N3O4. The number of aliphatic carboxylic acids is 1. The number of amides is 3. The zero-order valence-electron chi connectivity index (χ0n) is 10.9. The molecule has 106 valence electrons. The molecule has 3 amide bonds. The van der Waals surface area contributed by atoms with E-state index in [4.69, 9.17) is 17.3 Å². The third-order valence-electron chi connectivity index (χ3n) is 2.34. The highest BCUT2D eigenvalue weighted by Crippen LogP contribution is 2.00. The highest BCUT2D eigenvalue weighted by atomic mass is 16.4. The summed E-state index contributed by atoms with van der Waals surface area (Å²) in [7, 11) is 0. The Bertz CT molecular complexity index is 376. The van der Waals surface area contributed by atoms with Crippen molar-refractivity contribution in [3.05, 3.63) is 0 Å². The van der Waals surface area contributed by atoms with Gasteiger partial charge in [-0.05, 0) is 12.8 Å². The van der Waals surface area contributed by atoms with Crippen LogP contribution < -0.4 is 11.1 Å². The number of carboxylic acid groups (broad SMARTS) is 1. The molecule has 0 aliphatic rings. The van der Waals surface area contributed by atoms with Gasteiger partial charge < -0.3 is 21.1 Å². The Kier molecular flexibility index (Phi) is 7.77. The molecule has 0 aromatic rings. The second kappa shape index (κ2) is 8.80. The van der Waals surface area contributed by atoms with Crippen LogP contribution in [0, 0.1) is 12.3 Å². The van der Waals surface area contributed by atoms with Crippen LogP contribution in [0.3, 0.4) is 0 Å². The number of nitrogens with zero attached hydrogens (tertiary/aromatic N) is 1. The number of terminal acetylenes is 1. The lowest BCUT2D eigenvalue weighted by Gasteiger charge is -2.22. The third kappa shape index (κ3) is 6.93. The minimum atomic E-state index is -1.22. The number of hydrogen-bond donors (Lipinski definition) is 3. The molecule has 0 saturated heterocycles. The molecule has 1 unspecified atom stereocenters. The van der Waals surface area contributed by atoms with E-state index in [9.17, 15) is 14.4 Å². The molecule has 0 aliphatic carbocycles. The number of urea groups is 1. The van der Waals surface area contributed by atoms with Crippen molar-refractivity contribution < 1.29 is 19.5 Å². The molecule has 7 heteroatoms. The molecule has 0 radical (unpaired) electrons. The average molecular weight is 269 g/mol. The predicted octanol–water partition coefficient (Wildman–Crippen LogP) is -0.240. The van der Waals surface area contributed by atoms with E-state index in [2.05, 4.69) is 11.2 Å². The lowest BCUT2D eigenvalue weighted by Crippen LogP contribution is -2.48. The van der Waals surface area contributed by atoms with Crippen LogP contribution in [-0.4, -0.2) is 47.0 Å². The number of carboxylic acids is 1. The summed E-state index contributed by atoms with van der Waals surface area (Å²) in [5.74, 6) is 0.498. The Hall–Kier alpha value is -2.23. The Morgan fingerprint density at radius 2 is 2.11 bits per heavy atom. The van der Waals surface area contributed by atoms with E-state index in [-0.39, 0.29) is 19.4 Å². The van der Waals surface area contributed by atoms with Gasteiger partial charge in [-0.2, -0.15) is 0 Å². The van der Waals surface area contributed by atoms with Crippen molar-refractivity contribution >= 4 is 17.9 Å². The van der Waals surface area contributed by atoms with Gasteiger partial charge in [0.2, 0.25) is 5.91 Å². The molecule has 0 rings (SSSR count). The average Bonchev–Trinajstić information content (AvgIpc) is 2.33. The fourth-order valence-corrected chi connectivity index (χ4v) is 1.42. The van der Waals surface area contributed by atoms with E-state index in [0.29, 0.717) is 13.0 Å². The van der Waals surface area contributed by atoms with E-state index in [1.165, 1.54) is 4.90 Å². The molecule has 0 aromatic carbocycles. The summed E-state index contributed by atoms with van der Waals surface area (Å²) in [4.78, 5) is 34.7. The normalized spacial score (nSPS) is 11.2. The first-order valence-electron chi connectivity index (χ1n) is 5.92. The van der Waals surface area contributed by atoms with Crippen molar-refractivity contribution in [3.8, 4) is 12.3 Å². The van der Waals surface area contributed by atoms with E-state index < -0.39 is 23.9 Å². The highest BCUT2D eigenvalue weighted by molar-refractivity contribution is 5.83. The number of nitrogens with one attached hydrogen (secondary N) is 1. The zero-order chi connectivity index (χ0) is 14.8. The van der Waals surface area contributed by atoms with Crippen LogP contribution in [0.2, 0.25) is 0 Å². The van der Waals surface area contributed by atoms with Gasteiger partial charge in [-0.1, -0.05) is 12.8 Å². The summed E-state index contributed by atoms with van der Waals surface area (Å²) in [5.41, 5.74) is 4.95. The van der Waals surface area contributed by atoms with Crippen LogP contribution in [0.4, 0.5) is 4.79 Å². The molecule has 0 heterocycles. The lowest BCUT2D eigenvalue weighted by molar-refractivity contribution is -0.139. The van der Waals surface area contributed by atoms with E-state index in [1.807, 2.05) is 6.92 Å². The maximum atomic E-state index is 11.8. The number of primary amides is 1. The zero-order valence-corrected chi connectivity index (χ0v) is 10.9. The van der Waals surface area contributed by atoms with Crippen LogP contribution in [0.1, 0.15) is 26.2 Å². The fraction of sp³-hybridized carbons (Fsp3) is 0.583. The first-order chi connectivity index (χ1) is 8.92. The van der Waals surface area contributed by atoms with Crippen LogP contribution in [0.25, 0.3) is 0 Å². The topological polar surface area (TPSA) is 113 Å². The first-order valence-corrected chi connectivity index (χ1v) is 5.92. The van der Waals surface area contributed by atoms with Crippen molar-refractivity contribution in [1.82, 2.24) is 10.2 Å². The predicted molar refractivity (Wildman–Crippen MR) is 69.1 cm³/mol. The SMILES string of the molecule is C#CCN(CCC)C(=O)NC(CCC(N)=O)C(=O)O. The van der Waals surface area contributed by atoms with Crippen molar-refractivity contribution in [2.75, 3.05) is 13.1 Å². The van der Waals surface area contributed by atoms with Crippen molar-refractivity contribution in [2.45, 2.75) is 32.2 Å². The monoisotopic (exact) mass is 269 g/mol. The number of rotatable bonds is 8. The van der Waals surface area contributed by atoms with Crippen LogP contribution in [0.5, 0.6) is 0 Å². The van der Waals surface area contributed by atoms with Crippen molar-refractivity contribution in [1.29, 1.82) is 0 Å². The number of nitrogens with two attached hydrogens (primary N) is 1. The van der Waals surface area contributed by atoms with Gasteiger partial charge in [-0.25, -0.2) is 9.59 Å². The van der Waals surface area contributed by atoms with Gasteiger partial charge in [-0.15, -0.1) is 6.42 Å². The maximum absolute atomic E-state index is 11.8. The maximum Gasteiger partial charge on any atom is 0.326 e. The first kappa shape index (κ1) is 16.8. The lowest BCUT2D eigenvalue weighted by atomic mass is 10.1. The minimum absolute atomic E-state index is 0.0492. The molecule has 0 aromatic heterocycles.